The monoisotopic (exact) mass is 275 g/mol. The Morgan fingerprint density at radius 1 is 1.11 bits per heavy atom. The van der Waals surface area contributed by atoms with Gasteiger partial charge in [-0.3, -0.25) is 9.59 Å². The molecule has 104 valence electrons. The zero-order valence-corrected chi connectivity index (χ0v) is 11.4. The fourth-order valence-electron chi connectivity index (χ4n) is 2.55. The van der Waals surface area contributed by atoms with Gasteiger partial charge in [0.1, 0.15) is 0 Å². The van der Waals surface area contributed by atoms with E-state index in [9.17, 15) is 9.59 Å². The Bertz CT molecular complexity index is 287. The first-order valence-corrected chi connectivity index (χ1v) is 6.56. The summed E-state index contributed by atoms with van der Waals surface area (Å²) in [6.45, 7) is 1.000. The molecular formula is C12H22ClN3O2. The summed E-state index contributed by atoms with van der Waals surface area (Å²) < 4.78 is 0. The maximum absolute atomic E-state index is 11.6. The lowest BCUT2D eigenvalue weighted by molar-refractivity contribution is -0.127. The SMILES string of the molecule is Cl.O=C(CNC(=O)C1CCCN1)NC1CCCC1. The highest BCUT2D eigenvalue weighted by atomic mass is 35.5. The molecule has 1 heterocycles. The van der Waals surface area contributed by atoms with Gasteiger partial charge in [-0.05, 0) is 32.2 Å². The van der Waals surface area contributed by atoms with Crippen LogP contribution in [0, 0.1) is 0 Å². The average molecular weight is 276 g/mol. The van der Waals surface area contributed by atoms with Crippen LogP contribution in [0.15, 0.2) is 0 Å². The van der Waals surface area contributed by atoms with Crippen LogP contribution in [0.1, 0.15) is 38.5 Å². The third-order valence-electron chi connectivity index (χ3n) is 3.52. The molecule has 5 nitrogen and oxygen atoms in total. The number of rotatable bonds is 4. The Morgan fingerprint density at radius 3 is 2.44 bits per heavy atom. The second-order valence-corrected chi connectivity index (χ2v) is 4.92. The lowest BCUT2D eigenvalue weighted by Gasteiger charge is -2.14. The van der Waals surface area contributed by atoms with Gasteiger partial charge in [0, 0.05) is 6.04 Å². The lowest BCUT2D eigenvalue weighted by Crippen LogP contribution is -2.46. The Kier molecular flexibility index (Phi) is 6.43. The minimum Gasteiger partial charge on any atom is -0.352 e. The highest BCUT2D eigenvalue weighted by molar-refractivity contribution is 5.87. The van der Waals surface area contributed by atoms with Gasteiger partial charge in [-0.25, -0.2) is 0 Å². The molecule has 18 heavy (non-hydrogen) atoms. The van der Waals surface area contributed by atoms with Crippen LogP contribution in [-0.4, -0.2) is 37.0 Å². The molecule has 2 fully saturated rings. The second-order valence-electron chi connectivity index (χ2n) is 4.92. The van der Waals surface area contributed by atoms with E-state index >= 15 is 0 Å². The van der Waals surface area contributed by atoms with Gasteiger partial charge < -0.3 is 16.0 Å². The Hall–Kier alpha value is -0.810. The zero-order chi connectivity index (χ0) is 12.1. The molecule has 2 aliphatic rings. The first kappa shape index (κ1) is 15.2. The number of hydrogen-bond donors (Lipinski definition) is 3. The van der Waals surface area contributed by atoms with Crippen LogP contribution in [0.5, 0.6) is 0 Å². The van der Waals surface area contributed by atoms with Crippen LogP contribution in [-0.2, 0) is 9.59 Å². The molecule has 6 heteroatoms. The second kappa shape index (κ2) is 7.59. The molecule has 1 unspecified atom stereocenters. The minimum absolute atomic E-state index is 0. The van der Waals surface area contributed by atoms with E-state index in [4.69, 9.17) is 0 Å². The fourth-order valence-corrected chi connectivity index (χ4v) is 2.55. The number of carbonyl (C=O) groups excluding carboxylic acids is 2. The highest BCUT2D eigenvalue weighted by Gasteiger charge is 2.22. The predicted octanol–water partition coefficient (Wildman–Crippen LogP) is 0.335. The van der Waals surface area contributed by atoms with Gasteiger partial charge in [0.05, 0.1) is 12.6 Å². The van der Waals surface area contributed by atoms with Crippen LogP contribution in [0.25, 0.3) is 0 Å². The summed E-state index contributed by atoms with van der Waals surface area (Å²) in [6, 6.07) is 0.221. The van der Waals surface area contributed by atoms with Crippen molar-refractivity contribution in [2.45, 2.75) is 50.6 Å². The molecule has 0 aromatic heterocycles. The molecule has 1 aliphatic heterocycles. The molecule has 2 amide bonds. The first-order valence-electron chi connectivity index (χ1n) is 6.56. The van der Waals surface area contributed by atoms with Crippen molar-refractivity contribution in [2.75, 3.05) is 13.1 Å². The van der Waals surface area contributed by atoms with Crippen molar-refractivity contribution >= 4 is 24.2 Å². The predicted molar refractivity (Wildman–Crippen MR) is 71.7 cm³/mol. The number of carbonyl (C=O) groups is 2. The summed E-state index contributed by atoms with van der Waals surface area (Å²) in [5.74, 6) is -0.118. The van der Waals surface area contributed by atoms with Gasteiger partial charge in [-0.1, -0.05) is 12.8 Å². The van der Waals surface area contributed by atoms with Gasteiger partial charge in [-0.2, -0.15) is 0 Å². The van der Waals surface area contributed by atoms with Gasteiger partial charge in [-0.15, -0.1) is 12.4 Å². The van der Waals surface area contributed by atoms with Gasteiger partial charge in [0.15, 0.2) is 0 Å². The van der Waals surface area contributed by atoms with Gasteiger partial charge in [0.2, 0.25) is 11.8 Å². The molecule has 1 saturated carbocycles. The summed E-state index contributed by atoms with van der Waals surface area (Å²) >= 11 is 0. The molecule has 3 N–H and O–H groups in total. The topological polar surface area (TPSA) is 70.2 Å². The van der Waals surface area contributed by atoms with E-state index in [1.165, 1.54) is 12.8 Å². The molecule has 0 bridgehead atoms. The first-order chi connectivity index (χ1) is 8.25. The number of amides is 2. The third kappa shape index (κ3) is 4.46. The van der Waals surface area contributed by atoms with Crippen molar-refractivity contribution in [1.82, 2.24) is 16.0 Å². The quantitative estimate of drug-likeness (QED) is 0.693. The third-order valence-corrected chi connectivity index (χ3v) is 3.52. The highest BCUT2D eigenvalue weighted by Crippen LogP contribution is 2.17. The summed E-state index contributed by atoms with van der Waals surface area (Å²) in [5, 5.41) is 8.75. The summed E-state index contributed by atoms with van der Waals surface area (Å²) in [6.07, 6.45) is 6.45. The molecule has 0 aromatic rings. The number of hydrogen-bond acceptors (Lipinski definition) is 3. The van der Waals surface area contributed by atoms with E-state index < -0.39 is 0 Å². The van der Waals surface area contributed by atoms with Crippen LogP contribution in [0.2, 0.25) is 0 Å². The number of nitrogens with one attached hydrogen (secondary N) is 3. The average Bonchev–Trinajstić information content (AvgIpc) is 2.97. The van der Waals surface area contributed by atoms with E-state index in [0.29, 0.717) is 6.04 Å². The maximum atomic E-state index is 11.6. The lowest BCUT2D eigenvalue weighted by atomic mass is 10.2. The van der Waals surface area contributed by atoms with Crippen LogP contribution in [0.3, 0.4) is 0 Å². The van der Waals surface area contributed by atoms with Crippen LogP contribution < -0.4 is 16.0 Å². The molecule has 2 rings (SSSR count). The molecule has 1 aliphatic carbocycles. The molecule has 1 atom stereocenters. The zero-order valence-electron chi connectivity index (χ0n) is 10.5. The summed E-state index contributed by atoms with van der Waals surface area (Å²) in [5.41, 5.74) is 0. The molecule has 0 radical (unpaired) electrons. The number of halogens is 1. The van der Waals surface area contributed by atoms with E-state index in [2.05, 4.69) is 16.0 Å². The van der Waals surface area contributed by atoms with Crippen LogP contribution in [0.4, 0.5) is 0 Å². The van der Waals surface area contributed by atoms with Crippen LogP contribution >= 0.6 is 12.4 Å². The molecule has 0 spiro atoms. The maximum Gasteiger partial charge on any atom is 0.239 e. The molecule has 0 aromatic carbocycles. The molecular weight excluding hydrogens is 254 g/mol. The fraction of sp³-hybridized carbons (Fsp3) is 0.833. The van der Waals surface area contributed by atoms with Crippen molar-refractivity contribution in [3.63, 3.8) is 0 Å². The van der Waals surface area contributed by atoms with Crippen molar-refractivity contribution in [3.05, 3.63) is 0 Å². The van der Waals surface area contributed by atoms with Gasteiger partial charge >= 0.3 is 0 Å². The van der Waals surface area contributed by atoms with Crippen molar-refractivity contribution < 1.29 is 9.59 Å². The Morgan fingerprint density at radius 2 is 1.83 bits per heavy atom. The Labute approximate surface area is 114 Å². The summed E-state index contributed by atoms with van der Waals surface area (Å²) in [4.78, 5) is 23.2. The largest absolute Gasteiger partial charge is 0.352 e. The van der Waals surface area contributed by atoms with E-state index in [0.717, 1.165) is 32.2 Å². The van der Waals surface area contributed by atoms with Crippen molar-refractivity contribution in [3.8, 4) is 0 Å². The standard InChI is InChI=1S/C12H21N3O2.ClH/c16-11(15-9-4-1-2-5-9)8-14-12(17)10-6-3-7-13-10;/h9-10,13H,1-8H2,(H,14,17)(H,15,16);1H. The van der Waals surface area contributed by atoms with Crippen molar-refractivity contribution in [2.24, 2.45) is 0 Å². The molecule has 1 saturated heterocycles. The summed E-state index contributed by atoms with van der Waals surface area (Å²) in [7, 11) is 0. The minimum atomic E-state index is -0.103. The van der Waals surface area contributed by atoms with Crippen molar-refractivity contribution in [1.29, 1.82) is 0 Å². The van der Waals surface area contributed by atoms with E-state index in [1.807, 2.05) is 0 Å². The van der Waals surface area contributed by atoms with E-state index in [1.54, 1.807) is 0 Å². The van der Waals surface area contributed by atoms with E-state index in [-0.39, 0.29) is 36.8 Å². The smallest absolute Gasteiger partial charge is 0.239 e. The van der Waals surface area contributed by atoms with Gasteiger partial charge in [0.25, 0.3) is 0 Å². The Balaban J connectivity index is 0.00000162. The normalized spacial score (nSPS) is 23.4.